The van der Waals surface area contributed by atoms with E-state index in [0.29, 0.717) is 23.4 Å². The fourth-order valence-electron chi connectivity index (χ4n) is 4.60. The Kier molecular flexibility index (Phi) is 6.14. The molecule has 0 bridgehead atoms. The molecule has 0 radical (unpaired) electrons. The predicted molar refractivity (Wildman–Crippen MR) is 109 cm³/mol. The molecule has 0 fully saturated rings. The fraction of sp³-hybridized carbons (Fsp3) is 0.913. The van der Waals surface area contributed by atoms with Crippen molar-refractivity contribution in [1.82, 2.24) is 4.90 Å². The van der Waals surface area contributed by atoms with E-state index >= 15 is 0 Å². The van der Waals surface area contributed by atoms with Crippen molar-refractivity contribution >= 4 is 0 Å². The Morgan fingerprint density at radius 1 is 0.625 bits per heavy atom. The van der Waals surface area contributed by atoms with Crippen LogP contribution in [0.4, 0.5) is 0 Å². The molecule has 0 aromatic rings. The van der Waals surface area contributed by atoms with E-state index in [4.69, 9.17) is 0 Å². The smallest absolute Gasteiger partial charge is 0.0188 e. The maximum Gasteiger partial charge on any atom is 0.0188 e. The molecule has 0 saturated carbocycles. The molecule has 3 unspecified atom stereocenters. The Hall–Kier alpha value is -0.300. The number of hydrogen-bond donors (Lipinski definition) is 0. The lowest BCUT2D eigenvalue weighted by molar-refractivity contribution is -0.0946. The van der Waals surface area contributed by atoms with Crippen LogP contribution in [0.15, 0.2) is 12.2 Å². The van der Waals surface area contributed by atoms with Gasteiger partial charge in [0.2, 0.25) is 0 Å². The summed E-state index contributed by atoms with van der Waals surface area (Å²) in [6.07, 6.45) is 7.26. The van der Waals surface area contributed by atoms with E-state index in [2.05, 4.69) is 100 Å². The van der Waals surface area contributed by atoms with Gasteiger partial charge < -0.3 is 0 Å². The van der Waals surface area contributed by atoms with Crippen LogP contribution in [0.25, 0.3) is 0 Å². The fourth-order valence-corrected chi connectivity index (χ4v) is 4.60. The molecule has 1 heterocycles. The van der Waals surface area contributed by atoms with Crippen molar-refractivity contribution in [2.45, 2.75) is 114 Å². The van der Waals surface area contributed by atoms with Crippen LogP contribution >= 0.6 is 0 Å². The topological polar surface area (TPSA) is 3.24 Å². The summed E-state index contributed by atoms with van der Waals surface area (Å²) in [6, 6.07) is 1.12. The van der Waals surface area contributed by atoms with Gasteiger partial charge in [-0.1, -0.05) is 74.5 Å². The average Bonchev–Trinajstić information content (AvgIpc) is 2.20. The predicted octanol–water partition coefficient (Wildman–Crippen LogP) is 6.93. The summed E-state index contributed by atoms with van der Waals surface area (Å²) in [7, 11) is 0. The van der Waals surface area contributed by atoms with E-state index in [0.717, 1.165) is 6.42 Å². The highest BCUT2D eigenvalue weighted by atomic mass is 15.3. The van der Waals surface area contributed by atoms with Gasteiger partial charge in [-0.15, -0.1) is 0 Å². The SMILES string of the molecule is CC(C)(C)C1C/C=C\CC(C(C)(C)C)N(C(C)(C)C)C1C(C)(C)C. The first-order valence-corrected chi connectivity index (χ1v) is 9.91. The minimum atomic E-state index is 0.157. The molecule has 0 N–H and O–H groups in total. The van der Waals surface area contributed by atoms with Crippen molar-refractivity contribution in [2.24, 2.45) is 22.2 Å². The third kappa shape index (κ3) is 5.10. The van der Waals surface area contributed by atoms with Crippen LogP contribution in [0.1, 0.15) is 95.9 Å². The lowest BCUT2D eigenvalue weighted by Crippen LogP contribution is -2.64. The van der Waals surface area contributed by atoms with E-state index in [9.17, 15) is 0 Å². The van der Waals surface area contributed by atoms with E-state index in [-0.39, 0.29) is 16.4 Å². The van der Waals surface area contributed by atoms with Gasteiger partial charge in [0.15, 0.2) is 0 Å². The van der Waals surface area contributed by atoms with Gasteiger partial charge in [0.25, 0.3) is 0 Å². The summed E-state index contributed by atoms with van der Waals surface area (Å²) < 4.78 is 0. The molecule has 0 aromatic heterocycles. The first-order valence-electron chi connectivity index (χ1n) is 9.91. The monoisotopic (exact) mass is 335 g/mol. The zero-order chi connectivity index (χ0) is 19.1. The highest BCUT2D eigenvalue weighted by molar-refractivity contribution is 5.07. The summed E-state index contributed by atoms with van der Waals surface area (Å²) in [5.74, 6) is 0.651. The van der Waals surface area contributed by atoms with Crippen LogP contribution in [0.3, 0.4) is 0 Å². The minimum Gasteiger partial charge on any atom is -0.291 e. The van der Waals surface area contributed by atoms with Crippen LogP contribution in [-0.2, 0) is 0 Å². The lowest BCUT2D eigenvalue weighted by atomic mass is 9.63. The third-order valence-corrected chi connectivity index (χ3v) is 5.71. The molecule has 0 aliphatic carbocycles. The van der Waals surface area contributed by atoms with Gasteiger partial charge in [-0.3, -0.25) is 4.90 Å². The second kappa shape index (κ2) is 6.78. The lowest BCUT2D eigenvalue weighted by Gasteiger charge is -2.59. The van der Waals surface area contributed by atoms with Crippen molar-refractivity contribution in [3.63, 3.8) is 0 Å². The van der Waals surface area contributed by atoms with Crippen LogP contribution in [0.2, 0.25) is 0 Å². The van der Waals surface area contributed by atoms with Gasteiger partial charge in [0, 0.05) is 17.6 Å². The molecule has 0 saturated heterocycles. The largest absolute Gasteiger partial charge is 0.291 e. The Morgan fingerprint density at radius 3 is 1.42 bits per heavy atom. The summed E-state index contributed by atoms with van der Waals surface area (Å²) >= 11 is 0. The van der Waals surface area contributed by atoms with Crippen molar-refractivity contribution in [1.29, 1.82) is 0 Å². The van der Waals surface area contributed by atoms with Crippen LogP contribution in [-0.4, -0.2) is 22.5 Å². The third-order valence-electron chi connectivity index (χ3n) is 5.71. The summed E-state index contributed by atoms with van der Waals surface area (Å²) in [5.41, 5.74) is 0.969. The maximum absolute atomic E-state index is 2.90. The zero-order valence-electron chi connectivity index (χ0n) is 18.7. The van der Waals surface area contributed by atoms with Gasteiger partial charge in [-0.2, -0.15) is 0 Å². The number of allylic oxidation sites excluding steroid dienone is 1. The zero-order valence-corrected chi connectivity index (χ0v) is 18.7. The second-order valence-electron chi connectivity index (χ2n) is 12.2. The molecule has 1 nitrogen and oxygen atoms in total. The first kappa shape index (κ1) is 21.7. The average molecular weight is 336 g/mol. The minimum absolute atomic E-state index is 0.157. The molecule has 0 amide bonds. The van der Waals surface area contributed by atoms with Crippen molar-refractivity contribution in [2.75, 3.05) is 0 Å². The number of rotatable bonds is 0. The first-order chi connectivity index (χ1) is 10.5. The number of nitrogens with zero attached hydrogens (tertiary/aromatic N) is 1. The Morgan fingerprint density at radius 2 is 1.08 bits per heavy atom. The number of hydrogen-bond acceptors (Lipinski definition) is 1. The van der Waals surface area contributed by atoms with Gasteiger partial charge in [0.05, 0.1) is 0 Å². The highest BCUT2D eigenvalue weighted by Crippen LogP contribution is 2.48. The van der Waals surface area contributed by atoms with Crippen molar-refractivity contribution < 1.29 is 0 Å². The highest BCUT2D eigenvalue weighted by Gasteiger charge is 2.49. The molecular weight excluding hydrogens is 290 g/mol. The van der Waals surface area contributed by atoms with E-state index in [1.807, 2.05) is 0 Å². The van der Waals surface area contributed by atoms with E-state index in [1.54, 1.807) is 0 Å². The van der Waals surface area contributed by atoms with E-state index in [1.165, 1.54) is 6.42 Å². The molecule has 1 aliphatic heterocycles. The molecule has 1 heteroatoms. The van der Waals surface area contributed by atoms with Crippen LogP contribution in [0.5, 0.6) is 0 Å². The molecular formula is C23H45N. The molecule has 24 heavy (non-hydrogen) atoms. The quantitative estimate of drug-likeness (QED) is 0.434. The Balaban J connectivity index is 3.63. The van der Waals surface area contributed by atoms with Crippen LogP contribution in [0, 0.1) is 22.2 Å². The van der Waals surface area contributed by atoms with E-state index < -0.39 is 0 Å². The standard InChI is InChI=1S/C23H45N/c1-20(2,3)17-15-13-14-16-18(21(4,5)6)24(23(10,11)12)19(17)22(7,8)9/h13-14,17-19H,15-16H2,1-12H3/b14-13-. The molecule has 142 valence electrons. The Labute approximate surface area is 153 Å². The molecule has 1 rings (SSSR count). The second-order valence-corrected chi connectivity index (χ2v) is 12.2. The van der Waals surface area contributed by atoms with Crippen molar-refractivity contribution in [3.05, 3.63) is 12.2 Å². The van der Waals surface area contributed by atoms with Gasteiger partial charge in [-0.25, -0.2) is 0 Å². The van der Waals surface area contributed by atoms with Gasteiger partial charge in [-0.05, 0) is 55.8 Å². The summed E-state index contributed by atoms with van der Waals surface area (Å²) in [6.45, 7) is 29.1. The van der Waals surface area contributed by atoms with Gasteiger partial charge >= 0.3 is 0 Å². The molecule has 3 atom stereocenters. The summed E-state index contributed by atoms with van der Waals surface area (Å²) in [5, 5.41) is 0. The normalized spacial score (nSPS) is 29.9. The van der Waals surface area contributed by atoms with Crippen LogP contribution < -0.4 is 0 Å². The van der Waals surface area contributed by atoms with Crippen molar-refractivity contribution in [3.8, 4) is 0 Å². The summed E-state index contributed by atoms with van der Waals surface area (Å²) in [4.78, 5) is 2.90. The maximum atomic E-state index is 2.90. The van der Waals surface area contributed by atoms with Gasteiger partial charge in [0.1, 0.15) is 0 Å². The molecule has 0 spiro atoms. The Bertz CT molecular complexity index is 389. The molecule has 0 aromatic carbocycles. The molecule has 1 aliphatic rings.